The maximum atomic E-state index is 11.5. The van der Waals surface area contributed by atoms with Gasteiger partial charge in [-0.1, -0.05) is 68.5 Å². The smallest absolute Gasteiger partial charge is 0.338 e. The number of esters is 1. The van der Waals surface area contributed by atoms with Crippen LogP contribution in [0.2, 0.25) is 0 Å². The van der Waals surface area contributed by atoms with Gasteiger partial charge in [0.05, 0.1) is 12.2 Å². The van der Waals surface area contributed by atoms with E-state index in [1.165, 1.54) is 30.9 Å². The van der Waals surface area contributed by atoms with Crippen molar-refractivity contribution in [3.63, 3.8) is 0 Å². The lowest BCUT2D eigenvalue weighted by molar-refractivity contribution is -0.145. The fourth-order valence-electron chi connectivity index (χ4n) is 3.60. The van der Waals surface area contributed by atoms with Crippen LogP contribution in [0.1, 0.15) is 49.3 Å². The summed E-state index contributed by atoms with van der Waals surface area (Å²) in [6.45, 7) is 4.78. The third-order valence-corrected chi connectivity index (χ3v) is 5.64. The van der Waals surface area contributed by atoms with E-state index in [1.54, 1.807) is 12.1 Å². The molecule has 0 bridgehead atoms. The summed E-state index contributed by atoms with van der Waals surface area (Å²) in [5, 5.41) is 19.0. The summed E-state index contributed by atoms with van der Waals surface area (Å²) < 4.78 is 10.3. The van der Waals surface area contributed by atoms with E-state index in [4.69, 9.17) is 14.6 Å². The number of hydrogen-bond donors (Lipinski definition) is 2. The zero-order valence-electron chi connectivity index (χ0n) is 20.1. The van der Waals surface area contributed by atoms with Crippen molar-refractivity contribution >= 4 is 11.5 Å². The highest BCUT2D eigenvalue weighted by atomic mass is 16.7. The summed E-state index contributed by atoms with van der Waals surface area (Å²) in [6.07, 6.45) is 11.7. The molecule has 0 saturated carbocycles. The number of carbonyl (C=O) groups is 1. The Kier molecular flexibility index (Phi) is 9.77. The second-order valence-corrected chi connectivity index (χ2v) is 8.46. The monoisotopic (exact) mass is 472 g/mol. The first-order chi connectivity index (χ1) is 17.0. The first-order valence-electron chi connectivity index (χ1n) is 11.9. The zero-order valence-corrected chi connectivity index (χ0v) is 20.1. The van der Waals surface area contributed by atoms with Gasteiger partial charge >= 0.3 is 5.97 Å². The average Bonchev–Trinajstić information content (AvgIpc) is 2.88. The molecule has 0 fully saturated rings. The highest BCUT2D eigenvalue weighted by Gasteiger charge is 2.11. The Balaban J connectivity index is 1.56. The second-order valence-electron chi connectivity index (χ2n) is 8.46. The van der Waals surface area contributed by atoms with E-state index >= 15 is 0 Å². The number of benzene rings is 2. The first kappa shape index (κ1) is 25.9. The topological polar surface area (TPSA) is 76.0 Å². The Bertz CT molecular complexity index is 1150. The number of hydrogen-bond acceptors (Lipinski definition) is 5. The third kappa shape index (κ3) is 8.20. The predicted octanol–water partition coefficient (Wildman–Crippen LogP) is 5.56. The standard InChI is InChI=1S/C30H32O5/c1-3-4-5-6-23-7-9-24(10-8-23)11-12-25-13-15-26(16-14-25)27-17-28(32)19-29(18-27)34-21-35-30(33)22(2)20-31/h7-10,13,15-19,25,31-32H,2-6,14,20-21H2,1H3. The van der Waals surface area contributed by atoms with Crippen LogP contribution in [0.25, 0.3) is 5.57 Å². The summed E-state index contributed by atoms with van der Waals surface area (Å²) in [7, 11) is 0. The first-order valence-corrected chi connectivity index (χ1v) is 11.9. The maximum Gasteiger partial charge on any atom is 0.338 e. The fourth-order valence-corrected chi connectivity index (χ4v) is 3.60. The lowest BCUT2D eigenvalue weighted by atomic mass is 9.93. The van der Waals surface area contributed by atoms with E-state index in [-0.39, 0.29) is 24.0 Å². The summed E-state index contributed by atoms with van der Waals surface area (Å²) in [5.74, 6) is 6.38. The number of aliphatic hydroxyl groups excluding tert-OH is 1. The third-order valence-electron chi connectivity index (χ3n) is 5.64. The number of unbranched alkanes of at least 4 members (excludes halogenated alkanes) is 2. The summed E-state index contributed by atoms with van der Waals surface area (Å²) >= 11 is 0. The van der Waals surface area contributed by atoms with Crippen LogP contribution in [0, 0.1) is 17.8 Å². The molecule has 5 nitrogen and oxygen atoms in total. The van der Waals surface area contributed by atoms with Gasteiger partial charge < -0.3 is 19.7 Å². The number of aromatic hydroxyl groups is 1. The molecule has 0 amide bonds. The van der Waals surface area contributed by atoms with Crippen molar-refractivity contribution < 1.29 is 24.5 Å². The zero-order chi connectivity index (χ0) is 25.0. The van der Waals surface area contributed by atoms with Gasteiger partial charge in [0, 0.05) is 17.5 Å². The molecular weight excluding hydrogens is 440 g/mol. The largest absolute Gasteiger partial charge is 0.508 e. The highest BCUT2D eigenvalue weighted by molar-refractivity contribution is 5.87. The van der Waals surface area contributed by atoms with E-state index in [0.29, 0.717) is 5.75 Å². The van der Waals surface area contributed by atoms with Gasteiger partial charge in [0.25, 0.3) is 0 Å². The molecule has 1 atom stereocenters. The van der Waals surface area contributed by atoms with Crippen molar-refractivity contribution in [2.45, 2.75) is 39.0 Å². The van der Waals surface area contributed by atoms with E-state index in [2.05, 4.69) is 61.8 Å². The number of phenols is 1. The number of allylic oxidation sites excluding steroid dienone is 4. The Morgan fingerprint density at radius 3 is 2.66 bits per heavy atom. The molecular formula is C30H32O5. The summed E-state index contributed by atoms with van der Waals surface area (Å²) in [5.41, 5.74) is 4.06. The minimum absolute atomic E-state index is 0.0398. The molecule has 35 heavy (non-hydrogen) atoms. The molecule has 0 heterocycles. The normalized spacial score (nSPS) is 14.5. The van der Waals surface area contributed by atoms with E-state index in [0.717, 1.165) is 29.5 Å². The quantitative estimate of drug-likeness (QED) is 0.156. The lowest BCUT2D eigenvalue weighted by Crippen LogP contribution is -2.13. The van der Waals surface area contributed by atoms with Crippen LogP contribution in [0.4, 0.5) is 0 Å². The van der Waals surface area contributed by atoms with Gasteiger partial charge in [-0.3, -0.25) is 0 Å². The molecule has 1 aliphatic carbocycles. The van der Waals surface area contributed by atoms with Crippen LogP contribution in [0.15, 0.2) is 72.8 Å². The highest BCUT2D eigenvalue weighted by Crippen LogP contribution is 2.30. The number of ether oxygens (including phenoxy) is 2. The minimum atomic E-state index is -0.735. The van der Waals surface area contributed by atoms with Gasteiger partial charge in [-0.05, 0) is 60.2 Å². The van der Waals surface area contributed by atoms with E-state index in [9.17, 15) is 9.90 Å². The van der Waals surface area contributed by atoms with Crippen LogP contribution in [-0.2, 0) is 16.0 Å². The van der Waals surface area contributed by atoms with Gasteiger partial charge in [0.15, 0.2) is 0 Å². The number of phenolic OH excluding ortho intramolecular Hbond substituents is 1. The van der Waals surface area contributed by atoms with E-state index in [1.807, 2.05) is 6.08 Å². The Morgan fingerprint density at radius 2 is 1.97 bits per heavy atom. The van der Waals surface area contributed by atoms with Crippen molar-refractivity contribution in [3.8, 4) is 23.3 Å². The van der Waals surface area contributed by atoms with Crippen LogP contribution >= 0.6 is 0 Å². The number of carbonyl (C=O) groups excluding carboxylic acids is 1. The molecule has 3 rings (SSSR count). The Hall–Kier alpha value is -3.75. The molecule has 0 spiro atoms. The Labute approximate surface area is 207 Å². The SMILES string of the molecule is C=C(CO)C(=O)OCOc1cc(O)cc(C2=CCC(C#Cc3ccc(CCCCC)cc3)C=C2)c1. The van der Waals surface area contributed by atoms with Gasteiger partial charge in [0.1, 0.15) is 11.5 Å². The van der Waals surface area contributed by atoms with Crippen LogP contribution in [-0.4, -0.2) is 29.6 Å². The lowest BCUT2D eigenvalue weighted by Gasteiger charge is -2.14. The van der Waals surface area contributed by atoms with Crippen molar-refractivity contribution in [2.75, 3.05) is 13.4 Å². The molecule has 182 valence electrons. The van der Waals surface area contributed by atoms with Gasteiger partial charge in [0.2, 0.25) is 6.79 Å². The molecule has 1 aliphatic rings. The molecule has 2 aromatic carbocycles. The van der Waals surface area contributed by atoms with E-state index < -0.39 is 12.6 Å². The molecule has 0 aliphatic heterocycles. The molecule has 0 saturated heterocycles. The maximum absolute atomic E-state index is 11.5. The molecule has 0 aromatic heterocycles. The fraction of sp³-hybridized carbons (Fsp3) is 0.300. The Morgan fingerprint density at radius 1 is 1.17 bits per heavy atom. The average molecular weight is 473 g/mol. The molecule has 0 radical (unpaired) electrons. The second kappa shape index (κ2) is 13.2. The summed E-state index contributed by atoms with van der Waals surface area (Å²) in [4.78, 5) is 11.5. The number of rotatable bonds is 10. The minimum Gasteiger partial charge on any atom is -0.508 e. The van der Waals surface area contributed by atoms with Crippen molar-refractivity contribution in [1.29, 1.82) is 0 Å². The van der Waals surface area contributed by atoms with Crippen LogP contribution in [0.3, 0.4) is 0 Å². The molecule has 2 N–H and O–H groups in total. The van der Waals surface area contributed by atoms with Crippen molar-refractivity contribution in [2.24, 2.45) is 5.92 Å². The van der Waals surface area contributed by atoms with Gasteiger partial charge in [-0.25, -0.2) is 4.79 Å². The molecule has 5 heteroatoms. The van der Waals surface area contributed by atoms with Gasteiger partial charge in [-0.15, -0.1) is 0 Å². The molecule has 2 aromatic rings. The van der Waals surface area contributed by atoms with Crippen LogP contribution in [0.5, 0.6) is 11.5 Å². The van der Waals surface area contributed by atoms with Crippen molar-refractivity contribution in [3.05, 3.63) is 89.5 Å². The van der Waals surface area contributed by atoms with Crippen LogP contribution < -0.4 is 4.74 Å². The predicted molar refractivity (Wildman–Crippen MR) is 138 cm³/mol. The number of aryl methyl sites for hydroxylation is 1. The van der Waals surface area contributed by atoms with Gasteiger partial charge in [-0.2, -0.15) is 0 Å². The number of aliphatic hydroxyl groups is 1. The molecule has 1 unspecified atom stereocenters. The van der Waals surface area contributed by atoms with Crippen molar-refractivity contribution in [1.82, 2.24) is 0 Å². The summed E-state index contributed by atoms with van der Waals surface area (Å²) in [6, 6.07) is 13.4.